The molecule has 0 atom stereocenters. The van der Waals surface area contributed by atoms with Crippen LogP contribution in [0.25, 0.3) is 0 Å². The molecule has 0 heterocycles. The molecule has 0 saturated heterocycles. The average Bonchev–Trinajstić information content (AvgIpc) is 2.48. The number of benzene rings is 2. The van der Waals surface area contributed by atoms with Gasteiger partial charge in [-0.05, 0) is 35.9 Å². The third-order valence-corrected chi connectivity index (χ3v) is 3.24. The first kappa shape index (κ1) is 14.4. The highest BCUT2D eigenvalue weighted by Gasteiger charge is 2.14. The molecule has 0 amide bonds. The lowest BCUT2D eigenvalue weighted by Crippen LogP contribution is -2.06. The van der Waals surface area contributed by atoms with Crippen molar-refractivity contribution in [2.24, 2.45) is 0 Å². The van der Waals surface area contributed by atoms with Gasteiger partial charge in [0.2, 0.25) is 0 Å². The molecule has 20 heavy (non-hydrogen) atoms. The Hall–Kier alpha value is -2.00. The second-order valence-electron chi connectivity index (χ2n) is 4.29. The van der Waals surface area contributed by atoms with Crippen LogP contribution in [-0.2, 0) is 6.42 Å². The Morgan fingerprint density at radius 2 is 1.75 bits per heavy atom. The molecular formula is C16H15ClO3. The van der Waals surface area contributed by atoms with Gasteiger partial charge in [0.1, 0.15) is 11.5 Å². The predicted molar refractivity (Wildman–Crippen MR) is 79.0 cm³/mol. The molecule has 0 aliphatic rings. The molecule has 0 unspecified atom stereocenters. The zero-order valence-corrected chi connectivity index (χ0v) is 12.1. The van der Waals surface area contributed by atoms with Crippen LogP contribution < -0.4 is 9.47 Å². The Bertz CT molecular complexity index is 606. The van der Waals surface area contributed by atoms with E-state index >= 15 is 0 Å². The largest absolute Gasteiger partial charge is 0.497 e. The van der Waals surface area contributed by atoms with Crippen LogP contribution in [0.3, 0.4) is 0 Å². The van der Waals surface area contributed by atoms with E-state index in [9.17, 15) is 4.79 Å². The Morgan fingerprint density at radius 1 is 1.05 bits per heavy atom. The van der Waals surface area contributed by atoms with Gasteiger partial charge >= 0.3 is 0 Å². The Labute approximate surface area is 123 Å². The number of rotatable bonds is 5. The Morgan fingerprint density at radius 3 is 2.35 bits per heavy atom. The smallest absolute Gasteiger partial charge is 0.171 e. The highest BCUT2D eigenvalue weighted by atomic mass is 35.5. The van der Waals surface area contributed by atoms with Gasteiger partial charge in [0.25, 0.3) is 0 Å². The van der Waals surface area contributed by atoms with Gasteiger partial charge in [-0.15, -0.1) is 0 Å². The summed E-state index contributed by atoms with van der Waals surface area (Å²) in [5, 5.41) is 0.653. The lowest BCUT2D eigenvalue weighted by molar-refractivity contribution is 0.0989. The number of hydrogen-bond donors (Lipinski definition) is 0. The van der Waals surface area contributed by atoms with E-state index in [1.54, 1.807) is 44.6 Å². The zero-order valence-electron chi connectivity index (χ0n) is 11.4. The average molecular weight is 291 g/mol. The van der Waals surface area contributed by atoms with E-state index < -0.39 is 0 Å². The standard InChI is InChI=1S/C16H15ClO3/c1-19-13-7-8-16(20-2)14(10-13)15(18)9-11-3-5-12(17)6-4-11/h3-8,10H,9H2,1-2H3. The molecule has 0 aliphatic heterocycles. The fourth-order valence-electron chi connectivity index (χ4n) is 1.91. The summed E-state index contributed by atoms with van der Waals surface area (Å²) >= 11 is 5.83. The van der Waals surface area contributed by atoms with E-state index in [1.807, 2.05) is 12.1 Å². The van der Waals surface area contributed by atoms with Crippen molar-refractivity contribution in [1.29, 1.82) is 0 Å². The maximum Gasteiger partial charge on any atom is 0.171 e. The summed E-state index contributed by atoms with van der Waals surface area (Å²) in [5.74, 6) is 1.15. The number of carbonyl (C=O) groups excluding carboxylic acids is 1. The maximum absolute atomic E-state index is 12.4. The van der Waals surface area contributed by atoms with Gasteiger partial charge in [-0.2, -0.15) is 0 Å². The minimum absolute atomic E-state index is 0.0249. The lowest BCUT2D eigenvalue weighted by Gasteiger charge is -2.09. The quantitative estimate of drug-likeness (QED) is 0.786. The summed E-state index contributed by atoms with van der Waals surface area (Å²) in [7, 11) is 3.11. The molecule has 2 rings (SSSR count). The van der Waals surface area contributed by atoms with Crippen LogP contribution in [-0.4, -0.2) is 20.0 Å². The molecule has 0 saturated carbocycles. The number of halogens is 1. The van der Waals surface area contributed by atoms with Crippen molar-refractivity contribution >= 4 is 17.4 Å². The van der Waals surface area contributed by atoms with Gasteiger partial charge < -0.3 is 9.47 Å². The third-order valence-electron chi connectivity index (χ3n) is 2.98. The first-order valence-electron chi connectivity index (χ1n) is 6.13. The van der Waals surface area contributed by atoms with E-state index in [2.05, 4.69) is 0 Å². The molecular weight excluding hydrogens is 276 g/mol. The van der Waals surface area contributed by atoms with Crippen LogP contribution in [0.5, 0.6) is 11.5 Å². The molecule has 104 valence electrons. The maximum atomic E-state index is 12.4. The number of hydrogen-bond acceptors (Lipinski definition) is 3. The topological polar surface area (TPSA) is 35.5 Å². The van der Waals surface area contributed by atoms with Crippen LogP contribution in [0.15, 0.2) is 42.5 Å². The van der Waals surface area contributed by atoms with E-state index in [1.165, 1.54) is 0 Å². The highest BCUT2D eigenvalue weighted by Crippen LogP contribution is 2.25. The highest BCUT2D eigenvalue weighted by molar-refractivity contribution is 6.30. The molecule has 2 aromatic rings. The summed E-state index contributed by atoms with van der Waals surface area (Å²) in [6.45, 7) is 0. The van der Waals surface area contributed by atoms with E-state index in [4.69, 9.17) is 21.1 Å². The van der Waals surface area contributed by atoms with Crippen LogP contribution in [0.1, 0.15) is 15.9 Å². The van der Waals surface area contributed by atoms with Crippen LogP contribution >= 0.6 is 11.6 Å². The lowest BCUT2D eigenvalue weighted by atomic mass is 10.0. The molecule has 2 aromatic carbocycles. The normalized spacial score (nSPS) is 10.2. The van der Waals surface area contributed by atoms with E-state index in [0.29, 0.717) is 28.5 Å². The third kappa shape index (κ3) is 3.31. The summed E-state index contributed by atoms with van der Waals surface area (Å²) in [6, 6.07) is 12.4. The van der Waals surface area contributed by atoms with Crippen molar-refractivity contribution in [3.8, 4) is 11.5 Å². The van der Waals surface area contributed by atoms with Crippen molar-refractivity contribution in [2.75, 3.05) is 14.2 Å². The van der Waals surface area contributed by atoms with Crippen LogP contribution in [0.4, 0.5) is 0 Å². The molecule has 0 N–H and O–H groups in total. The van der Waals surface area contributed by atoms with Gasteiger partial charge in [0.15, 0.2) is 5.78 Å². The fraction of sp³-hybridized carbons (Fsp3) is 0.188. The molecule has 0 radical (unpaired) electrons. The Balaban J connectivity index is 2.25. The molecule has 3 nitrogen and oxygen atoms in total. The monoisotopic (exact) mass is 290 g/mol. The van der Waals surface area contributed by atoms with Crippen molar-refractivity contribution in [1.82, 2.24) is 0 Å². The number of ether oxygens (including phenoxy) is 2. The molecule has 0 aromatic heterocycles. The van der Waals surface area contributed by atoms with Gasteiger partial charge in [0.05, 0.1) is 19.8 Å². The van der Waals surface area contributed by atoms with Gasteiger partial charge in [0, 0.05) is 11.4 Å². The first-order chi connectivity index (χ1) is 9.63. The number of carbonyl (C=O) groups is 1. The second kappa shape index (κ2) is 6.44. The molecule has 4 heteroatoms. The minimum Gasteiger partial charge on any atom is -0.497 e. The van der Waals surface area contributed by atoms with Gasteiger partial charge in [-0.3, -0.25) is 4.79 Å². The Kier molecular flexibility index (Phi) is 4.64. The van der Waals surface area contributed by atoms with Crippen LogP contribution in [0.2, 0.25) is 5.02 Å². The number of methoxy groups -OCH3 is 2. The number of Topliss-reactive ketones (excluding diaryl/α,β-unsaturated/α-hetero) is 1. The molecule has 0 bridgehead atoms. The molecule has 0 spiro atoms. The zero-order chi connectivity index (χ0) is 14.5. The second-order valence-corrected chi connectivity index (χ2v) is 4.73. The molecule has 0 aliphatic carbocycles. The summed E-state index contributed by atoms with van der Waals surface area (Å²) in [5.41, 5.74) is 1.42. The van der Waals surface area contributed by atoms with Crippen molar-refractivity contribution < 1.29 is 14.3 Å². The van der Waals surface area contributed by atoms with Crippen molar-refractivity contribution in [2.45, 2.75) is 6.42 Å². The van der Waals surface area contributed by atoms with Crippen LogP contribution in [0, 0.1) is 0 Å². The van der Waals surface area contributed by atoms with Crippen molar-refractivity contribution in [3.05, 3.63) is 58.6 Å². The summed E-state index contributed by atoms with van der Waals surface area (Å²) < 4.78 is 10.4. The SMILES string of the molecule is COc1ccc(OC)c(C(=O)Cc2ccc(Cl)cc2)c1. The predicted octanol–water partition coefficient (Wildman–Crippen LogP) is 3.78. The van der Waals surface area contributed by atoms with Crippen molar-refractivity contribution in [3.63, 3.8) is 0 Å². The summed E-state index contributed by atoms with van der Waals surface area (Å²) in [4.78, 5) is 12.4. The van der Waals surface area contributed by atoms with E-state index in [0.717, 1.165) is 5.56 Å². The fourth-order valence-corrected chi connectivity index (χ4v) is 2.04. The summed E-state index contributed by atoms with van der Waals surface area (Å²) in [6.07, 6.45) is 0.292. The van der Waals surface area contributed by atoms with Gasteiger partial charge in [-0.25, -0.2) is 0 Å². The van der Waals surface area contributed by atoms with E-state index in [-0.39, 0.29) is 5.78 Å². The minimum atomic E-state index is -0.0249. The molecule has 0 fully saturated rings. The first-order valence-corrected chi connectivity index (χ1v) is 6.51. The van der Waals surface area contributed by atoms with Gasteiger partial charge in [-0.1, -0.05) is 23.7 Å². The number of ketones is 1.